The van der Waals surface area contributed by atoms with Gasteiger partial charge >= 0.3 is 0 Å². The Morgan fingerprint density at radius 2 is 2.17 bits per heavy atom. The molecule has 6 heteroatoms. The number of nitrogens with zero attached hydrogens (tertiary/aromatic N) is 2. The van der Waals surface area contributed by atoms with Gasteiger partial charge in [0.25, 0.3) is 5.91 Å². The lowest BCUT2D eigenvalue weighted by Gasteiger charge is -2.31. The van der Waals surface area contributed by atoms with Crippen molar-refractivity contribution < 1.29 is 4.79 Å². The van der Waals surface area contributed by atoms with Crippen LogP contribution in [-0.2, 0) is 0 Å². The predicted octanol–water partition coefficient (Wildman–Crippen LogP) is 3.17. The zero-order valence-electron chi connectivity index (χ0n) is 14.8. The van der Waals surface area contributed by atoms with Gasteiger partial charge in [-0.2, -0.15) is 5.10 Å². The van der Waals surface area contributed by atoms with Crippen LogP contribution in [0.4, 0.5) is 0 Å². The van der Waals surface area contributed by atoms with Gasteiger partial charge < -0.3 is 10.6 Å². The Morgan fingerprint density at radius 3 is 2.88 bits per heavy atom. The third kappa shape index (κ3) is 4.73. The van der Waals surface area contributed by atoms with E-state index >= 15 is 0 Å². The number of aromatic nitrogens is 2. The van der Waals surface area contributed by atoms with Crippen molar-refractivity contribution in [2.75, 3.05) is 13.1 Å². The monoisotopic (exact) mass is 354 g/mol. The van der Waals surface area contributed by atoms with Gasteiger partial charge in [0.15, 0.2) is 0 Å². The quantitative estimate of drug-likeness (QED) is 0.873. The Labute approximate surface area is 151 Å². The van der Waals surface area contributed by atoms with Gasteiger partial charge in [0.2, 0.25) is 0 Å². The number of amides is 1. The van der Waals surface area contributed by atoms with E-state index in [1.165, 1.54) is 19.3 Å². The lowest BCUT2D eigenvalue weighted by atomic mass is 9.79. The van der Waals surface area contributed by atoms with Crippen molar-refractivity contribution in [2.45, 2.75) is 64.5 Å². The average Bonchev–Trinajstić information content (AvgIpc) is 3.06. The highest BCUT2D eigenvalue weighted by molar-refractivity contribution is 5.92. The van der Waals surface area contributed by atoms with E-state index in [4.69, 9.17) is 0 Å². The summed E-state index contributed by atoms with van der Waals surface area (Å²) in [7, 11) is 0. The Hall–Kier alpha value is -1.07. The maximum atomic E-state index is 12.5. The van der Waals surface area contributed by atoms with Crippen LogP contribution in [0.1, 0.15) is 68.9 Å². The molecule has 2 fully saturated rings. The maximum Gasteiger partial charge on any atom is 0.271 e. The van der Waals surface area contributed by atoms with Gasteiger partial charge in [-0.1, -0.05) is 26.7 Å². The Balaban J connectivity index is 0.00000208. The highest BCUT2D eigenvalue weighted by atomic mass is 35.5. The first-order valence-corrected chi connectivity index (χ1v) is 9.20. The molecule has 1 saturated carbocycles. The summed E-state index contributed by atoms with van der Waals surface area (Å²) in [5.41, 5.74) is 0.558. The normalized spacial score (nSPS) is 27.5. The van der Waals surface area contributed by atoms with Crippen molar-refractivity contribution in [3.63, 3.8) is 0 Å². The van der Waals surface area contributed by atoms with Crippen LogP contribution in [0.3, 0.4) is 0 Å². The summed E-state index contributed by atoms with van der Waals surface area (Å²) in [6.07, 6.45) is 8.98. The number of hydrogen-bond donors (Lipinski definition) is 2. The smallest absolute Gasteiger partial charge is 0.271 e. The van der Waals surface area contributed by atoms with Gasteiger partial charge in [-0.05, 0) is 50.1 Å². The Bertz CT molecular complexity index is 525. The lowest BCUT2D eigenvalue weighted by molar-refractivity contribution is 0.0906. The van der Waals surface area contributed by atoms with Crippen molar-refractivity contribution >= 4 is 18.3 Å². The molecule has 1 aliphatic heterocycles. The zero-order valence-corrected chi connectivity index (χ0v) is 15.6. The SMILES string of the molecule is CC(C)C1CCCC(NC(=O)c2ccn(C3CCCNC3)n2)C1.Cl. The average molecular weight is 355 g/mol. The van der Waals surface area contributed by atoms with E-state index in [2.05, 4.69) is 29.6 Å². The minimum absolute atomic E-state index is 0. The van der Waals surface area contributed by atoms with Crippen LogP contribution < -0.4 is 10.6 Å². The second kappa shape index (κ2) is 8.86. The van der Waals surface area contributed by atoms with Crippen molar-refractivity contribution in [3.05, 3.63) is 18.0 Å². The highest BCUT2D eigenvalue weighted by Crippen LogP contribution is 2.30. The van der Waals surface area contributed by atoms with Crippen molar-refractivity contribution in [1.82, 2.24) is 20.4 Å². The van der Waals surface area contributed by atoms with Crippen LogP contribution in [-0.4, -0.2) is 34.8 Å². The van der Waals surface area contributed by atoms with E-state index in [1.54, 1.807) is 0 Å². The van der Waals surface area contributed by atoms with E-state index in [1.807, 2.05) is 16.9 Å². The van der Waals surface area contributed by atoms with E-state index < -0.39 is 0 Å². The molecule has 0 spiro atoms. The fraction of sp³-hybridized carbons (Fsp3) is 0.778. The largest absolute Gasteiger partial charge is 0.348 e. The second-order valence-electron chi connectivity index (χ2n) is 7.52. The highest BCUT2D eigenvalue weighted by Gasteiger charge is 2.26. The topological polar surface area (TPSA) is 59.0 Å². The van der Waals surface area contributed by atoms with E-state index in [9.17, 15) is 4.79 Å². The van der Waals surface area contributed by atoms with Crippen LogP contribution in [0.5, 0.6) is 0 Å². The van der Waals surface area contributed by atoms with Crippen molar-refractivity contribution in [1.29, 1.82) is 0 Å². The minimum Gasteiger partial charge on any atom is -0.348 e. The van der Waals surface area contributed by atoms with E-state index in [-0.39, 0.29) is 18.3 Å². The van der Waals surface area contributed by atoms with E-state index in [0.717, 1.165) is 38.3 Å². The number of halogens is 1. The molecule has 0 aromatic carbocycles. The molecular weight excluding hydrogens is 324 g/mol. The lowest BCUT2D eigenvalue weighted by Crippen LogP contribution is -2.39. The summed E-state index contributed by atoms with van der Waals surface area (Å²) < 4.78 is 1.96. The van der Waals surface area contributed by atoms with Gasteiger partial charge in [-0.15, -0.1) is 12.4 Å². The van der Waals surface area contributed by atoms with Gasteiger partial charge in [0.1, 0.15) is 5.69 Å². The third-order valence-corrected chi connectivity index (χ3v) is 5.48. The molecule has 1 aliphatic carbocycles. The molecule has 2 N–H and O–H groups in total. The third-order valence-electron chi connectivity index (χ3n) is 5.48. The van der Waals surface area contributed by atoms with Crippen LogP contribution in [0.2, 0.25) is 0 Å². The zero-order chi connectivity index (χ0) is 16.2. The number of piperidine rings is 1. The summed E-state index contributed by atoms with van der Waals surface area (Å²) in [5, 5.41) is 11.1. The molecule has 1 aromatic rings. The Morgan fingerprint density at radius 1 is 1.33 bits per heavy atom. The van der Waals surface area contributed by atoms with Gasteiger partial charge in [-0.3, -0.25) is 9.48 Å². The predicted molar refractivity (Wildman–Crippen MR) is 98.7 cm³/mol. The molecule has 3 rings (SSSR count). The molecule has 1 amide bonds. The number of carbonyl (C=O) groups excluding carboxylic acids is 1. The summed E-state index contributed by atoms with van der Waals surface area (Å²) in [4.78, 5) is 12.5. The first kappa shape index (κ1) is 19.3. The molecular formula is C18H31ClN4O. The number of rotatable bonds is 4. The van der Waals surface area contributed by atoms with Crippen LogP contribution >= 0.6 is 12.4 Å². The molecule has 3 unspecified atom stereocenters. The molecule has 2 heterocycles. The van der Waals surface area contributed by atoms with Crippen molar-refractivity contribution in [2.24, 2.45) is 11.8 Å². The van der Waals surface area contributed by atoms with Crippen LogP contribution in [0, 0.1) is 11.8 Å². The molecule has 2 aliphatic rings. The summed E-state index contributed by atoms with van der Waals surface area (Å²) in [6.45, 7) is 6.61. The molecule has 136 valence electrons. The number of nitrogens with one attached hydrogen (secondary N) is 2. The summed E-state index contributed by atoms with van der Waals surface area (Å²) in [5.74, 6) is 1.43. The van der Waals surface area contributed by atoms with Crippen LogP contribution in [0.25, 0.3) is 0 Å². The summed E-state index contributed by atoms with van der Waals surface area (Å²) in [6, 6.07) is 2.54. The minimum atomic E-state index is -0.0121. The first-order valence-electron chi connectivity index (χ1n) is 9.20. The van der Waals surface area contributed by atoms with Gasteiger partial charge in [-0.25, -0.2) is 0 Å². The summed E-state index contributed by atoms with van der Waals surface area (Å²) >= 11 is 0. The van der Waals surface area contributed by atoms with Crippen LogP contribution in [0.15, 0.2) is 12.3 Å². The fourth-order valence-electron chi connectivity index (χ4n) is 3.95. The molecule has 3 atom stereocenters. The second-order valence-corrected chi connectivity index (χ2v) is 7.52. The van der Waals surface area contributed by atoms with E-state index in [0.29, 0.717) is 23.7 Å². The van der Waals surface area contributed by atoms with Crippen molar-refractivity contribution in [3.8, 4) is 0 Å². The van der Waals surface area contributed by atoms with Gasteiger partial charge in [0.05, 0.1) is 6.04 Å². The number of carbonyl (C=O) groups is 1. The number of hydrogen-bond acceptors (Lipinski definition) is 3. The molecule has 5 nitrogen and oxygen atoms in total. The molecule has 1 aromatic heterocycles. The Kier molecular flexibility index (Phi) is 7.11. The standard InChI is InChI=1S/C18H30N4O.ClH/c1-13(2)14-5-3-6-15(11-14)20-18(23)17-8-10-22(21-17)16-7-4-9-19-12-16;/h8,10,13-16,19H,3-7,9,11-12H2,1-2H3,(H,20,23);1H. The fourth-order valence-corrected chi connectivity index (χ4v) is 3.95. The van der Waals surface area contributed by atoms with Gasteiger partial charge in [0, 0.05) is 18.8 Å². The molecule has 1 saturated heterocycles. The maximum absolute atomic E-state index is 12.5. The first-order chi connectivity index (χ1) is 11.1. The molecule has 24 heavy (non-hydrogen) atoms. The molecule has 0 bridgehead atoms. The molecule has 0 radical (unpaired) electrons.